The van der Waals surface area contributed by atoms with Crippen LogP contribution in [0.25, 0.3) is 0 Å². The molecule has 3 rings (SSSR count). The molecule has 0 saturated carbocycles. The van der Waals surface area contributed by atoms with Crippen molar-refractivity contribution < 1.29 is 49.0 Å². The number of esters is 2. The molecule has 8 unspecified atom stereocenters. The van der Waals surface area contributed by atoms with Gasteiger partial charge in [-0.3, -0.25) is 14.5 Å². The predicted molar refractivity (Wildman–Crippen MR) is 199 cm³/mol. The van der Waals surface area contributed by atoms with E-state index in [0.29, 0.717) is 17.1 Å². The molecule has 0 aromatic heterocycles. The molecule has 1 saturated heterocycles. The molecule has 2 heterocycles. The number of carbonyl (C=O) groups excluding carboxylic acids is 2. The molecule has 1 aromatic rings. The summed E-state index contributed by atoms with van der Waals surface area (Å²) in [7, 11) is 1.69. The number of carbonyl (C=O) groups is 2. The summed E-state index contributed by atoms with van der Waals surface area (Å²) in [6.07, 6.45) is 5.88. The van der Waals surface area contributed by atoms with E-state index < -0.39 is 53.4 Å². The molecule has 52 heavy (non-hydrogen) atoms. The molecule has 11 nitrogen and oxygen atoms in total. The standard InChI is InChI=1S/C40H60ClNO10/c1-9-32(49-8)27(4)36-37(52-36)38(42(21-22-43)24-29-13-15-30(41)16-14-29)40(7,48)19-10-11-25(2)35-26(3)12-17-33(50-28(5)44)39(6,47)20-18-31(45)23-34(46)51-35/h10-17,19,26-27,31-33,35-38,43,45,47-48H,9,18,20-24H2,1-8H3/b17-12+,19-10+,25-11+/t26?,27?,31?,32-,33-,35+,36?,37?,38?,39?,40?/m0/s1. The summed E-state index contributed by atoms with van der Waals surface area (Å²) in [5.41, 5.74) is -1.31. The number of allylic oxidation sites excluding steroid dienone is 2. The van der Waals surface area contributed by atoms with Gasteiger partial charge in [-0.25, -0.2) is 0 Å². The molecular formula is C40H60ClNO10. The van der Waals surface area contributed by atoms with Crippen LogP contribution in [0.15, 0.2) is 60.2 Å². The van der Waals surface area contributed by atoms with Crippen LogP contribution in [-0.4, -0.2) is 111 Å². The van der Waals surface area contributed by atoms with Gasteiger partial charge in [0.25, 0.3) is 0 Å². The minimum absolute atomic E-state index is 0.0227. The second-order valence-electron chi connectivity index (χ2n) is 14.8. The zero-order chi connectivity index (χ0) is 38.8. The number of cyclic esters (lactones) is 1. The van der Waals surface area contributed by atoms with Crippen LogP contribution in [0, 0.1) is 11.8 Å². The number of aliphatic hydroxyl groups excluding tert-OH is 2. The first kappa shape index (κ1) is 43.8. The number of hydrogen-bond donors (Lipinski definition) is 4. The van der Waals surface area contributed by atoms with Gasteiger partial charge in [-0.1, -0.05) is 68.8 Å². The van der Waals surface area contributed by atoms with Gasteiger partial charge >= 0.3 is 11.9 Å². The number of halogens is 1. The number of methoxy groups -OCH3 is 1. The van der Waals surface area contributed by atoms with E-state index in [1.807, 2.05) is 36.1 Å². The van der Waals surface area contributed by atoms with Crippen LogP contribution in [-0.2, 0) is 35.1 Å². The monoisotopic (exact) mass is 749 g/mol. The van der Waals surface area contributed by atoms with Crippen molar-refractivity contribution in [3.05, 3.63) is 70.8 Å². The van der Waals surface area contributed by atoms with E-state index in [9.17, 15) is 30.0 Å². The summed E-state index contributed by atoms with van der Waals surface area (Å²) >= 11 is 6.15. The highest BCUT2D eigenvalue weighted by Crippen LogP contribution is 2.41. The lowest BCUT2D eigenvalue weighted by Crippen LogP contribution is -2.54. The van der Waals surface area contributed by atoms with E-state index >= 15 is 0 Å². The Morgan fingerprint density at radius 2 is 1.88 bits per heavy atom. The first-order chi connectivity index (χ1) is 24.4. The Bertz CT molecular complexity index is 1390. The lowest BCUT2D eigenvalue weighted by molar-refractivity contribution is -0.157. The Kier molecular flexibility index (Phi) is 16.5. The summed E-state index contributed by atoms with van der Waals surface area (Å²) < 4.78 is 23.3. The van der Waals surface area contributed by atoms with E-state index in [2.05, 4.69) is 13.8 Å². The van der Waals surface area contributed by atoms with Crippen molar-refractivity contribution in [1.82, 2.24) is 4.90 Å². The third-order valence-corrected chi connectivity index (χ3v) is 10.5. The summed E-state index contributed by atoms with van der Waals surface area (Å²) in [5, 5.41) is 44.6. The molecule has 292 valence electrons. The molecule has 0 aliphatic carbocycles. The number of hydrogen-bond acceptors (Lipinski definition) is 11. The summed E-state index contributed by atoms with van der Waals surface area (Å²) in [6, 6.07) is 6.89. The molecule has 2 aliphatic rings. The zero-order valence-electron chi connectivity index (χ0n) is 31.9. The highest BCUT2D eigenvalue weighted by molar-refractivity contribution is 6.30. The lowest BCUT2D eigenvalue weighted by atomic mass is 9.86. The SMILES string of the molecule is CC[C@H](OC)C(C)C1OC1C(N(CCO)Cc1ccc(Cl)cc1)C(C)(O)/C=C/C=C(\C)[C@H]1OC(=O)CC(O)CCC(C)(O)[C@@H](OC(C)=O)/C=C/C1C. The minimum Gasteiger partial charge on any atom is -0.457 e. The molecule has 2 aliphatic heterocycles. The highest BCUT2D eigenvalue weighted by Gasteiger charge is 2.56. The van der Waals surface area contributed by atoms with Crippen molar-refractivity contribution in [1.29, 1.82) is 0 Å². The van der Waals surface area contributed by atoms with Gasteiger partial charge in [-0.2, -0.15) is 0 Å². The Labute approximate surface area is 314 Å². The summed E-state index contributed by atoms with van der Waals surface area (Å²) in [6.45, 7) is 12.9. The Morgan fingerprint density at radius 1 is 1.21 bits per heavy atom. The van der Waals surface area contributed by atoms with Crippen LogP contribution in [0.4, 0.5) is 0 Å². The van der Waals surface area contributed by atoms with Gasteiger partial charge in [0.05, 0.1) is 43.0 Å². The number of benzene rings is 1. The molecule has 0 radical (unpaired) electrons. The Balaban J connectivity index is 1.96. The van der Waals surface area contributed by atoms with Crippen molar-refractivity contribution in [2.24, 2.45) is 11.8 Å². The minimum atomic E-state index is -1.47. The van der Waals surface area contributed by atoms with Crippen LogP contribution in [0.2, 0.25) is 5.02 Å². The second-order valence-corrected chi connectivity index (χ2v) is 15.2. The molecular weight excluding hydrogens is 690 g/mol. The predicted octanol–water partition coefficient (Wildman–Crippen LogP) is 4.92. The van der Waals surface area contributed by atoms with Gasteiger partial charge in [0.1, 0.15) is 23.9 Å². The van der Waals surface area contributed by atoms with Crippen LogP contribution >= 0.6 is 11.6 Å². The van der Waals surface area contributed by atoms with Crippen molar-refractivity contribution >= 4 is 23.5 Å². The topological polar surface area (TPSA) is 159 Å². The number of rotatable bonds is 15. The number of aliphatic hydroxyl groups is 4. The first-order valence-electron chi connectivity index (χ1n) is 18.2. The number of ether oxygens (including phenoxy) is 4. The fraction of sp³-hybridized carbons (Fsp3) is 0.650. The highest BCUT2D eigenvalue weighted by atomic mass is 35.5. The fourth-order valence-electron chi connectivity index (χ4n) is 7.17. The van der Waals surface area contributed by atoms with Crippen molar-refractivity contribution in [3.8, 4) is 0 Å². The number of epoxide rings is 1. The molecule has 0 amide bonds. The van der Waals surface area contributed by atoms with Gasteiger partial charge in [-0.15, -0.1) is 0 Å². The van der Waals surface area contributed by atoms with Gasteiger partial charge in [0.2, 0.25) is 0 Å². The van der Waals surface area contributed by atoms with Gasteiger partial charge < -0.3 is 39.4 Å². The zero-order valence-corrected chi connectivity index (χ0v) is 32.7. The van der Waals surface area contributed by atoms with Crippen LogP contribution < -0.4 is 0 Å². The fourth-order valence-corrected chi connectivity index (χ4v) is 7.30. The van der Waals surface area contributed by atoms with Gasteiger partial charge in [0.15, 0.2) is 0 Å². The molecule has 12 heteroatoms. The molecule has 1 aromatic carbocycles. The smallest absolute Gasteiger partial charge is 0.309 e. The third-order valence-electron chi connectivity index (χ3n) is 10.2. The van der Waals surface area contributed by atoms with E-state index in [1.54, 1.807) is 51.3 Å². The Morgan fingerprint density at radius 3 is 2.48 bits per heavy atom. The van der Waals surface area contributed by atoms with E-state index in [1.165, 1.54) is 13.8 Å². The van der Waals surface area contributed by atoms with E-state index in [0.717, 1.165) is 12.0 Å². The first-order valence-corrected chi connectivity index (χ1v) is 18.6. The van der Waals surface area contributed by atoms with Gasteiger partial charge in [-0.05, 0) is 69.4 Å². The number of nitrogens with zero attached hydrogens (tertiary/aromatic N) is 1. The van der Waals surface area contributed by atoms with Crippen LogP contribution in [0.5, 0.6) is 0 Å². The largest absolute Gasteiger partial charge is 0.457 e. The second kappa shape index (κ2) is 19.6. The molecule has 1 fully saturated rings. The maximum absolute atomic E-state index is 12.9. The van der Waals surface area contributed by atoms with Crippen LogP contribution in [0.3, 0.4) is 0 Å². The van der Waals surface area contributed by atoms with E-state index in [-0.39, 0.29) is 56.6 Å². The van der Waals surface area contributed by atoms with Crippen molar-refractivity contribution in [3.63, 3.8) is 0 Å². The van der Waals surface area contributed by atoms with Crippen LogP contribution in [0.1, 0.15) is 79.7 Å². The molecule has 0 spiro atoms. The molecule has 0 bridgehead atoms. The lowest BCUT2D eigenvalue weighted by Gasteiger charge is -2.39. The maximum atomic E-state index is 12.9. The average molecular weight is 750 g/mol. The van der Waals surface area contributed by atoms with E-state index in [4.69, 9.17) is 30.5 Å². The molecule has 4 N–H and O–H groups in total. The third kappa shape index (κ3) is 12.5. The Hall–Kier alpha value is -2.61. The van der Waals surface area contributed by atoms with Crippen molar-refractivity contribution in [2.45, 2.75) is 135 Å². The average Bonchev–Trinajstić information content (AvgIpc) is 3.85. The van der Waals surface area contributed by atoms with Gasteiger partial charge in [0, 0.05) is 44.0 Å². The molecule has 11 atom stereocenters. The summed E-state index contributed by atoms with van der Waals surface area (Å²) in [4.78, 5) is 26.8. The maximum Gasteiger partial charge on any atom is 0.309 e. The normalized spacial score (nSPS) is 31.1. The summed E-state index contributed by atoms with van der Waals surface area (Å²) in [5.74, 6) is -1.51. The van der Waals surface area contributed by atoms with Crippen molar-refractivity contribution in [2.75, 3.05) is 20.3 Å². The quantitative estimate of drug-likeness (QED) is 0.0836.